The van der Waals surface area contributed by atoms with Gasteiger partial charge in [0.25, 0.3) is 0 Å². The summed E-state index contributed by atoms with van der Waals surface area (Å²) >= 11 is 1.86. The van der Waals surface area contributed by atoms with Crippen LogP contribution in [0.15, 0.2) is 241 Å². The average Bonchev–Trinajstić information content (AvgIpc) is 4.03. The Kier molecular flexibility index (Phi) is 8.34. The highest BCUT2D eigenvalue weighted by molar-refractivity contribution is 7.25. The van der Waals surface area contributed by atoms with Crippen LogP contribution < -0.4 is 4.90 Å². The molecule has 2 nitrogen and oxygen atoms in total. The molecule has 0 atom stereocenters. The van der Waals surface area contributed by atoms with E-state index in [2.05, 4.69) is 229 Å². The van der Waals surface area contributed by atoms with Crippen molar-refractivity contribution in [3.05, 3.63) is 259 Å². The molecule has 0 radical (unpaired) electrons. The monoisotopic (exact) mass is 833 g/mol. The number of thiophene rings is 1. The van der Waals surface area contributed by atoms with Gasteiger partial charge in [-0.3, -0.25) is 0 Å². The number of rotatable bonds is 7. The highest BCUT2D eigenvalue weighted by Crippen LogP contribution is 2.57. The van der Waals surface area contributed by atoms with Crippen molar-refractivity contribution in [1.82, 2.24) is 0 Å². The Bertz CT molecular complexity index is 3690. The van der Waals surface area contributed by atoms with Gasteiger partial charge in [0.1, 0.15) is 11.2 Å². The zero-order valence-corrected chi connectivity index (χ0v) is 35.6. The predicted octanol–water partition coefficient (Wildman–Crippen LogP) is 17.1. The van der Waals surface area contributed by atoms with Crippen molar-refractivity contribution in [2.45, 2.75) is 5.41 Å². The van der Waals surface area contributed by atoms with E-state index in [1.807, 2.05) is 23.5 Å². The highest BCUT2D eigenvalue weighted by atomic mass is 32.1. The summed E-state index contributed by atoms with van der Waals surface area (Å²) in [5.74, 6) is 0. The molecule has 1 aliphatic rings. The molecular weight excluding hydrogens is 795 g/mol. The molecule has 10 aromatic carbocycles. The maximum atomic E-state index is 6.33. The van der Waals surface area contributed by atoms with Gasteiger partial charge in [-0.1, -0.05) is 164 Å². The van der Waals surface area contributed by atoms with E-state index in [-0.39, 0.29) is 0 Å². The lowest BCUT2D eigenvalue weighted by molar-refractivity contribution is 0.669. The molecule has 3 heteroatoms. The lowest BCUT2D eigenvalue weighted by atomic mass is 9.68. The Balaban J connectivity index is 0.953. The summed E-state index contributed by atoms with van der Waals surface area (Å²) in [5, 5.41) is 4.84. The first-order chi connectivity index (χ1) is 31.7. The Hall–Kier alpha value is -7.98. The SMILES string of the molecule is c1ccc(C2(c3ccccc3)c3ccccc3-c3cc(N(c4ccc(-c5cccc(-c6ccc7sc8ccccc8c7c6)c5)cc4)c4ccc5oc6ccccc6c5c4)ccc32)cc1. The maximum absolute atomic E-state index is 6.33. The van der Waals surface area contributed by atoms with Crippen molar-refractivity contribution in [2.75, 3.05) is 4.90 Å². The Morgan fingerprint density at radius 1 is 0.328 bits per heavy atom. The van der Waals surface area contributed by atoms with Gasteiger partial charge in [0.15, 0.2) is 0 Å². The molecular formula is C61H39NOS. The Morgan fingerprint density at radius 2 is 0.906 bits per heavy atom. The highest BCUT2D eigenvalue weighted by Gasteiger charge is 2.46. The number of para-hydroxylation sites is 1. The summed E-state index contributed by atoms with van der Waals surface area (Å²) < 4.78 is 8.98. The molecule has 0 amide bonds. The van der Waals surface area contributed by atoms with E-state index >= 15 is 0 Å². The van der Waals surface area contributed by atoms with Crippen LogP contribution in [-0.4, -0.2) is 0 Å². The topological polar surface area (TPSA) is 16.4 Å². The molecule has 0 N–H and O–H groups in total. The van der Waals surface area contributed by atoms with Crippen molar-refractivity contribution in [2.24, 2.45) is 0 Å². The van der Waals surface area contributed by atoms with E-state index < -0.39 is 5.41 Å². The summed E-state index contributed by atoms with van der Waals surface area (Å²) in [6.07, 6.45) is 0. The zero-order valence-electron chi connectivity index (χ0n) is 34.8. The normalized spacial score (nSPS) is 12.8. The first-order valence-corrected chi connectivity index (χ1v) is 22.7. The molecule has 64 heavy (non-hydrogen) atoms. The number of anilines is 3. The standard InChI is InChI=1S/C61H39NOS/c1-3-16-44(17-4-1)61(45-18-5-2-6-19-45)55-23-10-7-20-49(55)52-38-47(31-33-56(52)61)62(48-32-34-58-53(39-48)50-21-8-11-24-57(50)63-58)46-29-26-40(27-30-46)41-14-13-15-42(36-41)43-28-35-60-54(37-43)51-22-9-12-25-59(51)64-60/h1-39H. The lowest BCUT2D eigenvalue weighted by Gasteiger charge is -2.34. The smallest absolute Gasteiger partial charge is 0.135 e. The van der Waals surface area contributed by atoms with E-state index in [4.69, 9.17) is 4.42 Å². The number of furan rings is 1. The molecule has 1 aliphatic carbocycles. The first-order valence-electron chi connectivity index (χ1n) is 21.9. The van der Waals surface area contributed by atoms with E-state index in [1.54, 1.807) is 0 Å². The van der Waals surface area contributed by atoms with E-state index in [0.29, 0.717) is 0 Å². The minimum Gasteiger partial charge on any atom is -0.456 e. The minimum absolute atomic E-state index is 0.466. The molecule has 12 aromatic rings. The molecule has 0 unspecified atom stereocenters. The molecule has 0 saturated heterocycles. The van der Waals surface area contributed by atoms with Crippen LogP contribution in [0.4, 0.5) is 17.1 Å². The Labute approximate surface area is 375 Å². The summed E-state index contributed by atoms with van der Waals surface area (Å²) in [4.78, 5) is 2.40. The van der Waals surface area contributed by atoms with Gasteiger partial charge in [-0.05, 0) is 128 Å². The van der Waals surface area contributed by atoms with Gasteiger partial charge in [-0.25, -0.2) is 0 Å². The van der Waals surface area contributed by atoms with Crippen molar-refractivity contribution >= 4 is 70.5 Å². The largest absolute Gasteiger partial charge is 0.456 e. The number of nitrogens with zero attached hydrogens (tertiary/aromatic N) is 1. The zero-order chi connectivity index (χ0) is 42.2. The Morgan fingerprint density at radius 3 is 1.72 bits per heavy atom. The second kappa shape index (κ2) is 14.6. The molecule has 2 heterocycles. The van der Waals surface area contributed by atoms with Crippen LogP contribution in [0.5, 0.6) is 0 Å². The fraction of sp³-hybridized carbons (Fsp3) is 0.0164. The number of hydrogen-bond acceptors (Lipinski definition) is 3. The van der Waals surface area contributed by atoms with E-state index in [0.717, 1.165) is 39.0 Å². The minimum atomic E-state index is -0.466. The van der Waals surface area contributed by atoms with Crippen molar-refractivity contribution in [1.29, 1.82) is 0 Å². The summed E-state index contributed by atoms with van der Waals surface area (Å²) in [5.41, 5.74) is 16.9. The summed E-state index contributed by atoms with van der Waals surface area (Å²) in [6, 6.07) is 86.6. The third kappa shape index (κ3) is 5.64. The number of hydrogen-bond donors (Lipinski definition) is 0. The van der Waals surface area contributed by atoms with Gasteiger partial charge in [-0.15, -0.1) is 11.3 Å². The van der Waals surface area contributed by atoms with Crippen molar-refractivity contribution in [3.8, 4) is 33.4 Å². The van der Waals surface area contributed by atoms with Crippen molar-refractivity contribution in [3.63, 3.8) is 0 Å². The van der Waals surface area contributed by atoms with Gasteiger partial charge >= 0.3 is 0 Å². The quantitative estimate of drug-likeness (QED) is 0.159. The van der Waals surface area contributed by atoms with Crippen LogP contribution in [-0.2, 0) is 5.41 Å². The van der Waals surface area contributed by atoms with Crippen LogP contribution in [0.1, 0.15) is 22.3 Å². The predicted molar refractivity (Wildman–Crippen MR) is 269 cm³/mol. The molecule has 2 aromatic heterocycles. The molecule has 0 aliphatic heterocycles. The fourth-order valence-electron chi connectivity index (χ4n) is 10.5. The second-order valence-electron chi connectivity index (χ2n) is 16.8. The fourth-order valence-corrected chi connectivity index (χ4v) is 11.5. The van der Waals surface area contributed by atoms with Gasteiger partial charge < -0.3 is 9.32 Å². The number of fused-ring (bicyclic) bond motifs is 9. The molecule has 300 valence electrons. The lowest BCUT2D eigenvalue weighted by Crippen LogP contribution is -2.28. The third-order valence-corrected chi connectivity index (χ3v) is 14.5. The van der Waals surface area contributed by atoms with Gasteiger partial charge in [-0.2, -0.15) is 0 Å². The van der Waals surface area contributed by atoms with Crippen molar-refractivity contribution < 1.29 is 4.42 Å². The van der Waals surface area contributed by atoms with Crippen LogP contribution >= 0.6 is 11.3 Å². The third-order valence-electron chi connectivity index (χ3n) is 13.4. The molecule has 0 bridgehead atoms. The van der Waals surface area contributed by atoms with E-state index in [1.165, 1.54) is 75.8 Å². The van der Waals surface area contributed by atoms with Crippen LogP contribution in [0.3, 0.4) is 0 Å². The van der Waals surface area contributed by atoms with Crippen LogP contribution in [0, 0.1) is 0 Å². The summed E-state index contributed by atoms with van der Waals surface area (Å²) in [6.45, 7) is 0. The van der Waals surface area contributed by atoms with Crippen LogP contribution in [0.25, 0.3) is 75.5 Å². The molecule has 0 saturated carbocycles. The number of benzene rings is 10. The van der Waals surface area contributed by atoms with Gasteiger partial charge in [0.2, 0.25) is 0 Å². The summed E-state index contributed by atoms with van der Waals surface area (Å²) in [7, 11) is 0. The maximum Gasteiger partial charge on any atom is 0.135 e. The van der Waals surface area contributed by atoms with Crippen LogP contribution in [0.2, 0.25) is 0 Å². The van der Waals surface area contributed by atoms with Gasteiger partial charge in [0.05, 0.1) is 5.41 Å². The second-order valence-corrected chi connectivity index (χ2v) is 17.9. The average molecular weight is 834 g/mol. The van der Waals surface area contributed by atoms with Gasteiger partial charge in [0, 0.05) is 48.0 Å². The molecule has 13 rings (SSSR count). The molecule has 0 fully saturated rings. The molecule has 0 spiro atoms. The first kappa shape index (κ1) is 36.7. The van der Waals surface area contributed by atoms with E-state index in [9.17, 15) is 0 Å².